The lowest BCUT2D eigenvalue weighted by molar-refractivity contribution is -0.274. The van der Waals surface area contributed by atoms with Gasteiger partial charge in [0.2, 0.25) is 0 Å². The number of rotatable bonds is 2. The molecule has 0 amide bonds. The predicted octanol–water partition coefficient (Wildman–Crippen LogP) is 2.49. The van der Waals surface area contributed by atoms with Gasteiger partial charge in [0.25, 0.3) is 0 Å². The van der Waals surface area contributed by atoms with E-state index in [-0.39, 0.29) is 11.3 Å². The minimum absolute atomic E-state index is 0.211. The Labute approximate surface area is 83.1 Å². The van der Waals surface area contributed by atoms with Crippen LogP contribution in [0.4, 0.5) is 13.2 Å². The van der Waals surface area contributed by atoms with Gasteiger partial charge in [-0.3, -0.25) is 4.79 Å². The van der Waals surface area contributed by atoms with Gasteiger partial charge in [-0.2, -0.15) is 0 Å². The van der Waals surface area contributed by atoms with Gasteiger partial charge in [0, 0.05) is 0 Å². The first kappa shape index (κ1) is 11.4. The van der Waals surface area contributed by atoms with Crippen LogP contribution in [-0.2, 0) is 0 Å². The minimum atomic E-state index is -4.81. The SMILES string of the molecule is CC(=O)c1cc(OC(F)(F)F)ccc1O. The minimum Gasteiger partial charge on any atom is -0.507 e. The fourth-order valence-corrected chi connectivity index (χ4v) is 0.994. The number of benzene rings is 1. The average Bonchev–Trinajstić information content (AvgIpc) is 2.05. The zero-order valence-corrected chi connectivity index (χ0v) is 7.63. The van der Waals surface area contributed by atoms with Crippen LogP contribution in [0.3, 0.4) is 0 Å². The molecule has 0 fully saturated rings. The number of carbonyl (C=O) groups is 1. The summed E-state index contributed by atoms with van der Waals surface area (Å²) < 4.78 is 39.0. The first-order valence-corrected chi connectivity index (χ1v) is 3.89. The molecule has 0 saturated carbocycles. The van der Waals surface area contributed by atoms with Gasteiger partial charge in [-0.1, -0.05) is 0 Å². The maximum absolute atomic E-state index is 11.8. The Kier molecular flexibility index (Phi) is 2.88. The van der Waals surface area contributed by atoms with Crippen LogP contribution in [-0.4, -0.2) is 17.3 Å². The summed E-state index contributed by atoms with van der Waals surface area (Å²) in [5.74, 6) is -1.46. The lowest BCUT2D eigenvalue weighted by atomic mass is 10.1. The van der Waals surface area contributed by atoms with Gasteiger partial charge in [-0.25, -0.2) is 0 Å². The molecule has 0 atom stereocenters. The van der Waals surface area contributed by atoms with Gasteiger partial charge in [0.05, 0.1) is 5.56 Å². The summed E-state index contributed by atoms with van der Waals surface area (Å²) >= 11 is 0. The molecule has 1 rings (SSSR count). The van der Waals surface area contributed by atoms with Crippen molar-refractivity contribution in [3.8, 4) is 11.5 Å². The second kappa shape index (κ2) is 3.80. The summed E-state index contributed by atoms with van der Waals surface area (Å²) in [7, 11) is 0. The highest BCUT2D eigenvalue weighted by Gasteiger charge is 2.31. The van der Waals surface area contributed by atoms with E-state index in [2.05, 4.69) is 4.74 Å². The Hall–Kier alpha value is -1.72. The monoisotopic (exact) mass is 220 g/mol. The molecule has 1 aromatic carbocycles. The number of hydrogen-bond acceptors (Lipinski definition) is 3. The van der Waals surface area contributed by atoms with E-state index in [0.717, 1.165) is 25.1 Å². The number of alkyl halides is 3. The molecule has 0 spiro atoms. The Balaban J connectivity index is 3.03. The van der Waals surface area contributed by atoms with E-state index < -0.39 is 17.9 Å². The molecule has 0 unspecified atom stereocenters. The Morgan fingerprint density at radius 2 is 2.00 bits per heavy atom. The van der Waals surface area contributed by atoms with Crippen molar-refractivity contribution in [1.29, 1.82) is 0 Å². The molecule has 0 aliphatic carbocycles. The molecule has 82 valence electrons. The van der Waals surface area contributed by atoms with Crippen LogP contribution in [0.1, 0.15) is 17.3 Å². The molecule has 0 radical (unpaired) electrons. The number of carbonyl (C=O) groups excluding carboxylic acids is 1. The predicted molar refractivity (Wildman–Crippen MR) is 44.8 cm³/mol. The quantitative estimate of drug-likeness (QED) is 0.779. The highest BCUT2D eigenvalue weighted by molar-refractivity contribution is 5.97. The highest BCUT2D eigenvalue weighted by atomic mass is 19.4. The number of ether oxygens (including phenoxy) is 1. The van der Waals surface area contributed by atoms with Crippen molar-refractivity contribution in [3.05, 3.63) is 23.8 Å². The van der Waals surface area contributed by atoms with Gasteiger partial charge in [0.15, 0.2) is 5.78 Å². The van der Waals surface area contributed by atoms with Crippen molar-refractivity contribution in [3.63, 3.8) is 0 Å². The van der Waals surface area contributed by atoms with Crippen LogP contribution in [0, 0.1) is 0 Å². The van der Waals surface area contributed by atoms with Crippen LogP contribution in [0.2, 0.25) is 0 Å². The number of phenolic OH excluding ortho intramolecular Hbond substituents is 1. The van der Waals surface area contributed by atoms with E-state index in [1.165, 1.54) is 0 Å². The Morgan fingerprint density at radius 1 is 1.40 bits per heavy atom. The molecule has 1 aromatic rings. The number of phenols is 1. The van der Waals surface area contributed by atoms with Gasteiger partial charge >= 0.3 is 6.36 Å². The number of aromatic hydroxyl groups is 1. The number of hydrogen-bond donors (Lipinski definition) is 1. The molecular formula is C9H7F3O3. The molecule has 0 heterocycles. The molecule has 1 N–H and O–H groups in total. The summed E-state index contributed by atoms with van der Waals surface area (Å²) in [6.45, 7) is 1.13. The van der Waals surface area contributed by atoms with Gasteiger partial charge < -0.3 is 9.84 Å². The first-order valence-electron chi connectivity index (χ1n) is 3.89. The van der Waals surface area contributed by atoms with E-state index >= 15 is 0 Å². The fraction of sp³-hybridized carbons (Fsp3) is 0.222. The zero-order valence-electron chi connectivity index (χ0n) is 7.63. The zero-order chi connectivity index (χ0) is 11.6. The van der Waals surface area contributed by atoms with Gasteiger partial charge in [-0.05, 0) is 25.1 Å². The largest absolute Gasteiger partial charge is 0.573 e. The average molecular weight is 220 g/mol. The Morgan fingerprint density at radius 3 is 2.47 bits per heavy atom. The standard InChI is InChI=1S/C9H7F3O3/c1-5(13)7-4-6(2-3-8(7)14)15-9(10,11)12/h2-4,14H,1H3. The summed E-state index contributed by atoms with van der Waals surface area (Å²) in [5.41, 5.74) is -0.211. The first-order chi connectivity index (χ1) is 6.79. The molecule has 0 bridgehead atoms. The van der Waals surface area contributed by atoms with E-state index in [4.69, 9.17) is 5.11 Å². The lowest BCUT2D eigenvalue weighted by Crippen LogP contribution is -2.17. The summed E-state index contributed by atoms with van der Waals surface area (Å²) in [6.07, 6.45) is -4.81. The van der Waals surface area contributed by atoms with E-state index in [1.54, 1.807) is 0 Å². The number of Topliss-reactive ketones (excluding diaryl/α,β-unsaturated/α-hetero) is 1. The molecule has 0 aliphatic heterocycles. The summed E-state index contributed by atoms with van der Waals surface area (Å²) in [4.78, 5) is 10.9. The third-order valence-corrected chi connectivity index (χ3v) is 1.58. The van der Waals surface area contributed by atoms with E-state index in [0.29, 0.717) is 0 Å². The lowest BCUT2D eigenvalue weighted by Gasteiger charge is -2.09. The smallest absolute Gasteiger partial charge is 0.507 e. The van der Waals surface area contributed by atoms with E-state index in [9.17, 15) is 18.0 Å². The van der Waals surface area contributed by atoms with Crippen molar-refractivity contribution in [1.82, 2.24) is 0 Å². The molecule has 3 nitrogen and oxygen atoms in total. The summed E-state index contributed by atoms with van der Waals surface area (Å²) in [5, 5.41) is 9.15. The second-order valence-electron chi connectivity index (χ2n) is 2.78. The third kappa shape index (κ3) is 3.16. The van der Waals surface area contributed by atoms with Crippen LogP contribution in [0.5, 0.6) is 11.5 Å². The molecule has 0 saturated heterocycles. The van der Waals surface area contributed by atoms with Crippen LogP contribution < -0.4 is 4.74 Å². The van der Waals surface area contributed by atoms with Crippen molar-refractivity contribution in [2.45, 2.75) is 13.3 Å². The topological polar surface area (TPSA) is 46.5 Å². The second-order valence-corrected chi connectivity index (χ2v) is 2.78. The molecule has 0 aliphatic rings. The molecule has 15 heavy (non-hydrogen) atoms. The maximum Gasteiger partial charge on any atom is 0.573 e. The van der Waals surface area contributed by atoms with Crippen molar-refractivity contribution in [2.75, 3.05) is 0 Å². The summed E-state index contributed by atoms with van der Waals surface area (Å²) in [6, 6.07) is 2.73. The van der Waals surface area contributed by atoms with Crippen molar-refractivity contribution >= 4 is 5.78 Å². The third-order valence-electron chi connectivity index (χ3n) is 1.58. The highest BCUT2D eigenvalue weighted by Crippen LogP contribution is 2.27. The number of halogens is 3. The number of ketones is 1. The van der Waals surface area contributed by atoms with Crippen LogP contribution >= 0.6 is 0 Å². The van der Waals surface area contributed by atoms with Gasteiger partial charge in [0.1, 0.15) is 11.5 Å². The molecule has 0 aromatic heterocycles. The Bertz CT molecular complexity index is 385. The maximum atomic E-state index is 11.8. The molecule has 6 heteroatoms. The molecular weight excluding hydrogens is 213 g/mol. The van der Waals surface area contributed by atoms with Crippen LogP contribution in [0.25, 0.3) is 0 Å². The van der Waals surface area contributed by atoms with Gasteiger partial charge in [-0.15, -0.1) is 13.2 Å². The van der Waals surface area contributed by atoms with Crippen molar-refractivity contribution < 1.29 is 27.8 Å². The van der Waals surface area contributed by atoms with E-state index in [1.807, 2.05) is 0 Å². The van der Waals surface area contributed by atoms with Crippen LogP contribution in [0.15, 0.2) is 18.2 Å². The normalized spacial score (nSPS) is 11.2. The van der Waals surface area contributed by atoms with Crippen molar-refractivity contribution in [2.24, 2.45) is 0 Å². The fourth-order valence-electron chi connectivity index (χ4n) is 0.994.